The zero-order chi connectivity index (χ0) is 16.9. The molecule has 0 N–H and O–H groups in total. The second-order valence-electron chi connectivity index (χ2n) is 5.29. The number of ether oxygens (including phenoxy) is 1. The summed E-state index contributed by atoms with van der Waals surface area (Å²) in [5.41, 5.74) is 1.63. The third-order valence-electron chi connectivity index (χ3n) is 3.64. The van der Waals surface area contributed by atoms with Gasteiger partial charge in [-0.05, 0) is 11.1 Å². The predicted molar refractivity (Wildman–Crippen MR) is 86.7 cm³/mol. The van der Waals surface area contributed by atoms with Crippen LogP contribution in [0, 0.1) is 0 Å². The van der Waals surface area contributed by atoms with E-state index in [0.717, 1.165) is 28.2 Å². The van der Waals surface area contributed by atoms with Gasteiger partial charge in [0.1, 0.15) is 6.54 Å². The van der Waals surface area contributed by atoms with Crippen LogP contribution in [-0.4, -0.2) is 29.2 Å². The molecule has 2 aromatic carbocycles. The third kappa shape index (κ3) is 3.41. The molecule has 0 bridgehead atoms. The molecular formula is C19H15NO4. The highest BCUT2D eigenvalue weighted by molar-refractivity contribution is 6.14. The van der Waals surface area contributed by atoms with Gasteiger partial charge in [0.2, 0.25) is 0 Å². The molecule has 24 heavy (non-hydrogen) atoms. The fourth-order valence-electron chi connectivity index (χ4n) is 2.47. The van der Waals surface area contributed by atoms with Crippen LogP contribution in [0.1, 0.15) is 17.2 Å². The van der Waals surface area contributed by atoms with Crippen molar-refractivity contribution in [1.82, 2.24) is 4.90 Å². The van der Waals surface area contributed by atoms with Crippen molar-refractivity contribution in [2.75, 3.05) is 6.54 Å². The number of esters is 1. The van der Waals surface area contributed by atoms with Gasteiger partial charge in [-0.2, -0.15) is 0 Å². The molecule has 1 aliphatic rings. The highest BCUT2D eigenvalue weighted by Gasteiger charge is 2.28. The van der Waals surface area contributed by atoms with Crippen molar-refractivity contribution < 1.29 is 19.1 Å². The molecule has 5 nitrogen and oxygen atoms in total. The first-order chi connectivity index (χ1) is 11.6. The maximum Gasteiger partial charge on any atom is 0.327 e. The van der Waals surface area contributed by atoms with Gasteiger partial charge in [-0.3, -0.25) is 19.3 Å². The number of amides is 2. The molecule has 0 aromatic heterocycles. The van der Waals surface area contributed by atoms with Crippen LogP contribution < -0.4 is 0 Å². The van der Waals surface area contributed by atoms with Gasteiger partial charge in [0.15, 0.2) is 6.10 Å². The minimum Gasteiger partial charge on any atom is -0.451 e. The molecule has 0 radical (unpaired) electrons. The van der Waals surface area contributed by atoms with E-state index in [9.17, 15) is 14.4 Å². The number of nitrogens with zero attached hydrogens (tertiary/aromatic N) is 1. The van der Waals surface area contributed by atoms with Gasteiger partial charge in [0.05, 0.1) is 0 Å². The maximum absolute atomic E-state index is 12.3. The molecule has 3 rings (SSSR count). The van der Waals surface area contributed by atoms with Crippen molar-refractivity contribution in [2.45, 2.75) is 6.10 Å². The van der Waals surface area contributed by atoms with Gasteiger partial charge in [-0.1, -0.05) is 60.7 Å². The Morgan fingerprint density at radius 3 is 1.75 bits per heavy atom. The summed E-state index contributed by atoms with van der Waals surface area (Å²) in [6.45, 7) is -0.402. The summed E-state index contributed by atoms with van der Waals surface area (Å²) in [5, 5.41) is 0. The number of imide groups is 1. The van der Waals surface area contributed by atoms with Crippen LogP contribution in [0.4, 0.5) is 0 Å². The molecule has 0 saturated heterocycles. The first-order valence-corrected chi connectivity index (χ1v) is 7.48. The Morgan fingerprint density at radius 1 is 0.833 bits per heavy atom. The average molecular weight is 321 g/mol. The molecule has 2 aromatic rings. The van der Waals surface area contributed by atoms with Crippen LogP contribution in [0.25, 0.3) is 0 Å². The van der Waals surface area contributed by atoms with Crippen LogP contribution in [-0.2, 0) is 19.1 Å². The Bertz CT molecular complexity index is 726. The van der Waals surface area contributed by atoms with Crippen molar-refractivity contribution in [3.8, 4) is 0 Å². The molecule has 2 amide bonds. The molecule has 0 unspecified atom stereocenters. The van der Waals surface area contributed by atoms with E-state index in [-0.39, 0.29) is 0 Å². The molecular weight excluding hydrogens is 306 g/mol. The second kappa shape index (κ2) is 6.91. The van der Waals surface area contributed by atoms with Crippen LogP contribution in [0.3, 0.4) is 0 Å². The standard InChI is InChI=1S/C19H15NO4/c21-16-11-12-17(22)20(16)13-18(23)24-19(14-7-3-1-4-8-14)15-9-5-2-6-10-15/h1-12,19H,13H2. The number of rotatable bonds is 5. The molecule has 1 aliphatic heterocycles. The Balaban J connectivity index is 1.78. The van der Waals surface area contributed by atoms with Crippen LogP contribution in [0.15, 0.2) is 72.8 Å². The van der Waals surface area contributed by atoms with Gasteiger partial charge in [0.25, 0.3) is 11.8 Å². The first kappa shape index (κ1) is 15.7. The predicted octanol–water partition coefficient (Wildman–Crippen LogP) is 2.24. The van der Waals surface area contributed by atoms with E-state index in [1.165, 1.54) is 0 Å². The lowest BCUT2D eigenvalue weighted by atomic mass is 10.0. The molecule has 5 heteroatoms. The Labute approximate surface area is 139 Å². The van der Waals surface area contributed by atoms with Gasteiger partial charge >= 0.3 is 5.97 Å². The molecule has 0 spiro atoms. The lowest BCUT2D eigenvalue weighted by Gasteiger charge is -2.20. The minimum absolute atomic E-state index is 0.402. The quantitative estimate of drug-likeness (QED) is 0.626. The lowest BCUT2D eigenvalue weighted by molar-refractivity contribution is -0.154. The van der Waals surface area contributed by atoms with E-state index >= 15 is 0 Å². The van der Waals surface area contributed by atoms with Crippen molar-refractivity contribution in [3.05, 3.63) is 83.9 Å². The smallest absolute Gasteiger partial charge is 0.327 e. The van der Waals surface area contributed by atoms with E-state index in [0.29, 0.717) is 0 Å². The Morgan fingerprint density at radius 2 is 1.29 bits per heavy atom. The fraction of sp³-hybridized carbons (Fsp3) is 0.105. The molecule has 120 valence electrons. The van der Waals surface area contributed by atoms with E-state index in [1.54, 1.807) is 0 Å². The Kier molecular flexibility index (Phi) is 4.52. The highest BCUT2D eigenvalue weighted by Crippen LogP contribution is 2.26. The monoisotopic (exact) mass is 321 g/mol. The summed E-state index contributed by atoms with van der Waals surface area (Å²) in [6.07, 6.45) is 1.68. The van der Waals surface area contributed by atoms with Crippen molar-refractivity contribution in [3.63, 3.8) is 0 Å². The summed E-state index contributed by atoms with van der Waals surface area (Å²) in [5.74, 6) is -1.65. The van der Waals surface area contributed by atoms with Crippen molar-refractivity contribution >= 4 is 17.8 Å². The first-order valence-electron chi connectivity index (χ1n) is 7.48. The average Bonchev–Trinajstić information content (AvgIpc) is 2.93. The topological polar surface area (TPSA) is 63.7 Å². The number of benzene rings is 2. The van der Waals surface area contributed by atoms with E-state index in [1.807, 2.05) is 60.7 Å². The van der Waals surface area contributed by atoms with Crippen LogP contribution >= 0.6 is 0 Å². The molecule has 0 fully saturated rings. The van der Waals surface area contributed by atoms with Crippen molar-refractivity contribution in [1.29, 1.82) is 0 Å². The molecule has 0 aliphatic carbocycles. The van der Waals surface area contributed by atoms with E-state index in [4.69, 9.17) is 4.74 Å². The zero-order valence-corrected chi connectivity index (χ0v) is 12.8. The molecule has 1 heterocycles. The third-order valence-corrected chi connectivity index (χ3v) is 3.64. The SMILES string of the molecule is O=C(CN1C(=O)C=CC1=O)OC(c1ccccc1)c1ccccc1. The van der Waals surface area contributed by atoms with Gasteiger partial charge in [-0.25, -0.2) is 0 Å². The second-order valence-corrected chi connectivity index (χ2v) is 5.29. The summed E-state index contributed by atoms with van der Waals surface area (Å²) < 4.78 is 5.57. The number of carbonyl (C=O) groups is 3. The summed E-state index contributed by atoms with van der Waals surface area (Å²) in [7, 11) is 0. The number of carbonyl (C=O) groups excluding carboxylic acids is 3. The largest absolute Gasteiger partial charge is 0.451 e. The normalized spacial score (nSPS) is 13.6. The van der Waals surface area contributed by atoms with E-state index in [2.05, 4.69) is 0 Å². The maximum atomic E-state index is 12.3. The molecule has 0 atom stereocenters. The summed E-state index contributed by atoms with van der Waals surface area (Å²) in [6, 6.07) is 18.6. The van der Waals surface area contributed by atoms with Crippen LogP contribution in [0.2, 0.25) is 0 Å². The minimum atomic E-state index is -0.641. The van der Waals surface area contributed by atoms with Crippen molar-refractivity contribution in [2.24, 2.45) is 0 Å². The van der Waals surface area contributed by atoms with Gasteiger partial charge in [0, 0.05) is 12.2 Å². The Hall–Kier alpha value is -3.21. The zero-order valence-electron chi connectivity index (χ0n) is 12.8. The number of hydrogen-bond donors (Lipinski definition) is 0. The highest BCUT2D eigenvalue weighted by atomic mass is 16.5. The van der Waals surface area contributed by atoms with E-state index < -0.39 is 30.4 Å². The summed E-state index contributed by atoms with van der Waals surface area (Å²) >= 11 is 0. The lowest BCUT2D eigenvalue weighted by Crippen LogP contribution is -2.36. The van der Waals surface area contributed by atoms with Gasteiger partial charge < -0.3 is 4.74 Å². The van der Waals surface area contributed by atoms with Gasteiger partial charge in [-0.15, -0.1) is 0 Å². The summed E-state index contributed by atoms with van der Waals surface area (Å²) in [4.78, 5) is 36.2. The fourth-order valence-corrected chi connectivity index (χ4v) is 2.47. The molecule has 0 saturated carbocycles. The number of hydrogen-bond acceptors (Lipinski definition) is 4. The van der Waals surface area contributed by atoms with Crippen LogP contribution in [0.5, 0.6) is 0 Å².